The Morgan fingerprint density at radius 2 is 0.885 bits per heavy atom. The van der Waals surface area contributed by atoms with E-state index in [1.165, 1.54) is 37.9 Å². The number of hydrogen-bond acceptors (Lipinski definition) is 0. The zero-order valence-corrected chi connectivity index (χ0v) is 14.6. The van der Waals surface area contributed by atoms with Crippen molar-refractivity contribution in [3.05, 3.63) is 115 Å². The van der Waals surface area contributed by atoms with Crippen LogP contribution in [0.1, 0.15) is 5.56 Å². The molecule has 124 valence electrons. The molecular formula is C26H20. The van der Waals surface area contributed by atoms with Gasteiger partial charge in [0.25, 0.3) is 0 Å². The van der Waals surface area contributed by atoms with Crippen LogP contribution >= 0.6 is 0 Å². The number of benzene rings is 5. The van der Waals surface area contributed by atoms with Crippen LogP contribution in [-0.2, 0) is 0 Å². The first-order valence-electron chi connectivity index (χ1n) is 8.83. The first-order chi connectivity index (χ1) is 12.8. The van der Waals surface area contributed by atoms with Crippen molar-refractivity contribution in [3.8, 4) is 0 Å². The fraction of sp³-hybridized carbons (Fsp3) is 0. The van der Waals surface area contributed by atoms with Crippen LogP contribution in [0.25, 0.3) is 38.4 Å². The van der Waals surface area contributed by atoms with Gasteiger partial charge in [-0.25, -0.2) is 0 Å². The lowest BCUT2D eigenvalue weighted by Crippen LogP contribution is -1.75. The molecule has 0 fully saturated rings. The summed E-state index contributed by atoms with van der Waals surface area (Å²) in [7, 11) is 0. The summed E-state index contributed by atoms with van der Waals surface area (Å²) in [5.74, 6) is 0. The molecule has 26 heavy (non-hydrogen) atoms. The second-order valence-corrected chi connectivity index (χ2v) is 6.32. The Bertz CT molecular complexity index is 1090. The highest BCUT2D eigenvalue weighted by Crippen LogP contribution is 2.22. The minimum Gasteiger partial charge on any atom is -0.0984 e. The lowest BCUT2D eigenvalue weighted by molar-refractivity contribution is 1.72. The third-order valence-electron chi connectivity index (χ3n) is 4.66. The zero-order chi connectivity index (χ0) is 17.8. The maximum absolute atomic E-state index is 3.78. The first kappa shape index (κ1) is 16.1. The maximum atomic E-state index is 3.78. The Balaban J connectivity index is 0.000000131. The summed E-state index contributed by atoms with van der Waals surface area (Å²) >= 11 is 0. The van der Waals surface area contributed by atoms with Crippen molar-refractivity contribution in [2.24, 2.45) is 0 Å². The molecule has 0 aliphatic carbocycles. The SMILES string of the molecule is C=Cc1cccc2ccccc12.c1ccc2cc3ccccc3cc2c1. The molecule has 0 heterocycles. The van der Waals surface area contributed by atoms with Gasteiger partial charge >= 0.3 is 0 Å². The van der Waals surface area contributed by atoms with Crippen LogP contribution in [0, 0.1) is 0 Å². The van der Waals surface area contributed by atoms with Gasteiger partial charge in [0.05, 0.1) is 0 Å². The minimum atomic E-state index is 1.20. The van der Waals surface area contributed by atoms with Crippen LogP contribution in [0.15, 0.2) is 110 Å². The van der Waals surface area contributed by atoms with Crippen LogP contribution in [-0.4, -0.2) is 0 Å². The predicted octanol–water partition coefficient (Wildman–Crippen LogP) is 7.48. The van der Waals surface area contributed by atoms with Gasteiger partial charge in [0, 0.05) is 0 Å². The van der Waals surface area contributed by atoms with Crippen molar-refractivity contribution >= 4 is 38.4 Å². The summed E-state index contributed by atoms with van der Waals surface area (Å²) < 4.78 is 0. The van der Waals surface area contributed by atoms with Crippen LogP contribution in [0.2, 0.25) is 0 Å². The van der Waals surface area contributed by atoms with Gasteiger partial charge in [-0.05, 0) is 50.0 Å². The highest BCUT2D eigenvalue weighted by molar-refractivity contribution is 5.98. The molecule has 5 rings (SSSR count). The van der Waals surface area contributed by atoms with Crippen molar-refractivity contribution in [1.29, 1.82) is 0 Å². The molecule has 5 aromatic rings. The highest BCUT2D eigenvalue weighted by atomic mass is 14.0. The predicted molar refractivity (Wildman–Crippen MR) is 115 cm³/mol. The summed E-state index contributed by atoms with van der Waals surface area (Å²) in [5, 5.41) is 7.79. The number of hydrogen-bond donors (Lipinski definition) is 0. The summed E-state index contributed by atoms with van der Waals surface area (Å²) in [6.45, 7) is 3.78. The van der Waals surface area contributed by atoms with E-state index >= 15 is 0 Å². The van der Waals surface area contributed by atoms with E-state index in [1.807, 2.05) is 6.08 Å². The van der Waals surface area contributed by atoms with Crippen molar-refractivity contribution in [2.45, 2.75) is 0 Å². The summed E-state index contributed by atoms with van der Waals surface area (Å²) in [6, 6.07) is 36.0. The summed E-state index contributed by atoms with van der Waals surface area (Å²) in [5.41, 5.74) is 1.20. The normalized spacial score (nSPS) is 10.5. The standard InChI is InChI=1S/C14H10.C12H10/c1-2-6-12-10-14-8-4-3-7-13(14)9-11(12)5-1;1-2-10-7-5-8-11-6-3-4-9-12(10)11/h1-10H;2-9H,1H2. The van der Waals surface area contributed by atoms with Gasteiger partial charge in [0.1, 0.15) is 0 Å². The van der Waals surface area contributed by atoms with Crippen molar-refractivity contribution < 1.29 is 0 Å². The van der Waals surface area contributed by atoms with Crippen molar-refractivity contribution in [2.75, 3.05) is 0 Å². The molecule has 0 heteroatoms. The first-order valence-corrected chi connectivity index (χ1v) is 8.83. The fourth-order valence-electron chi connectivity index (χ4n) is 3.31. The zero-order valence-electron chi connectivity index (χ0n) is 14.6. The molecule has 0 aromatic heterocycles. The Hall–Kier alpha value is -3.38. The molecule has 0 bridgehead atoms. The van der Waals surface area contributed by atoms with E-state index in [1.54, 1.807) is 0 Å². The van der Waals surface area contributed by atoms with Crippen molar-refractivity contribution in [3.63, 3.8) is 0 Å². The molecule has 0 N–H and O–H groups in total. The lowest BCUT2D eigenvalue weighted by atomic mass is 10.0. The third kappa shape index (κ3) is 3.22. The lowest BCUT2D eigenvalue weighted by Gasteiger charge is -2.00. The van der Waals surface area contributed by atoms with E-state index in [-0.39, 0.29) is 0 Å². The quantitative estimate of drug-likeness (QED) is 0.279. The summed E-state index contributed by atoms with van der Waals surface area (Å²) in [4.78, 5) is 0. The molecule has 0 aliphatic heterocycles. The van der Waals surface area contributed by atoms with Gasteiger partial charge in [0.2, 0.25) is 0 Å². The minimum absolute atomic E-state index is 1.20. The third-order valence-corrected chi connectivity index (χ3v) is 4.66. The van der Waals surface area contributed by atoms with Crippen molar-refractivity contribution in [1.82, 2.24) is 0 Å². The molecule has 0 saturated carbocycles. The van der Waals surface area contributed by atoms with E-state index in [9.17, 15) is 0 Å². The van der Waals surface area contributed by atoms with E-state index < -0.39 is 0 Å². The molecule has 0 saturated heterocycles. The fourth-order valence-corrected chi connectivity index (χ4v) is 3.31. The highest BCUT2D eigenvalue weighted by Gasteiger charge is 1.95. The Morgan fingerprint density at radius 1 is 0.462 bits per heavy atom. The molecule has 0 amide bonds. The smallest absolute Gasteiger partial charge is 0.0112 e. The molecule has 0 radical (unpaired) electrons. The van der Waals surface area contributed by atoms with Gasteiger partial charge in [-0.1, -0.05) is 104 Å². The Morgan fingerprint density at radius 3 is 1.38 bits per heavy atom. The number of fused-ring (bicyclic) bond motifs is 3. The van der Waals surface area contributed by atoms with Gasteiger partial charge < -0.3 is 0 Å². The molecule has 0 atom stereocenters. The Kier molecular flexibility index (Phi) is 4.49. The van der Waals surface area contributed by atoms with Crippen LogP contribution < -0.4 is 0 Å². The molecule has 0 spiro atoms. The number of rotatable bonds is 1. The average Bonchev–Trinajstić information content (AvgIpc) is 2.72. The molecule has 0 nitrogen and oxygen atoms in total. The van der Waals surface area contributed by atoms with Crippen LogP contribution in [0.4, 0.5) is 0 Å². The monoisotopic (exact) mass is 332 g/mol. The van der Waals surface area contributed by atoms with Crippen LogP contribution in [0.3, 0.4) is 0 Å². The second-order valence-electron chi connectivity index (χ2n) is 6.32. The van der Waals surface area contributed by atoms with E-state index in [2.05, 4.69) is 110 Å². The summed E-state index contributed by atoms with van der Waals surface area (Å²) in [6.07, 6.45) is 1.89. The molecular weight excluding hydrogens is 312 g/mol. The molecule has 5 aromatic carbocycles. The largest absolute Gasteiger partial charge is 0.0984 e. The maximum Gasteiger partial charge on any atom is -0.0112 e. The topological polar surface area (TPSA) is 0 Å². The van der Waals surface area contributed by atoms with Gasteiger partial charge in [-0.15, -0.1) is 0 Å². The van der Waals surface area contributed by atoms with Gasteiger partial charge in [-0.3, -0.25) is 0 Å². The average molecular weight is 332 g/mol. The van der Waals surface area contributed by atoms with Gasteiger partial charge in [-0.2, -0.15) is 0 Å². The van der Waals surface area contributed by atoms with Gasteiger partial charge in [0.15, 0.2) is 0 Å². The molecule has 0 aliphatic rings. The van der Waals surface area contributed by atoms with E-state index in [0.29, 0.717) is 0 Å². The second kappa shape index (κ2) is 7.25. The van der Waals surface area contributed by atoms with E-state index in [4.69, 9.17) is 0 Å². The van der Waals surface area contributed by atoms with E-state index in [0.717, 1.165) is 0 Å². The molecule has 0 unspecified atom stereocenters. The Labute approximate surface area is 154 Å². The van der Waals surface area contributed by atoms with Crippen LogP contribution in [0.5, 0.6) is 0 Å².